The molecule has 1 aromatic rings. The predicted octanol–water partition coefficient (Wildman–Crippen LogP) is 1.32. The molecule has 0 aliphatic rings. The van der Waals surface area contributed by atoms with Crippen molar-refractivity contribution in [1.82, 2.24) is 0 Å². The smallest absolute Gasteiger partial charge is 0.254 e. The van der Waals surface area contributed by atoms with E-state index in [9.17, 15) is 13.5 Å². The van der Waals surface area contributed by atoms with Crippen molar-refractivity contribution in [3.05, 3.63) is 30.2 Å². The third-order valence-corrected chi connectivity index (χ3v) is 2.70. The minimum Gasteiger partial charge on any atom is -0.506 e. The molecule has 0 heterocycles. The average Bonchev–Trinajstić information content (AvgIpc) is 2.21. The van der Waals surface area contributed by atoms with Crippen molar-refractivity contribution < 1.29 is 13.5 Å². The number of nitrogens with one attached hydrogen (secondary N) is 2. The lowest BCUT2D eigenvalue weighted by Gasteiger charge is -2.08. The normalized spacial score (nSPS) is 10.7. The summed E-state index contributed by atoms with van der Waals surface area (Å²) in [5.74, 6) is -0.139. The number of benzene rings is 1. The van der Waals surface area contributed by atoms with Crippen molar-refractivity contribution in [3.63, 3.8) is 0 Å². The summed E-state index contributed by atoms with van der Waals surface area (Å²) in [7, 11) is -1.90. The number of hydrogen-bond acceptors (Lipinski definition) is 4. The van der Waals surface area contributed by atoms with Crippen LogP contribution in [-0.2, 0) is 10.0 Å². The first-order chi connectivity index (χ1) is 6.98. The molecule has 0 radical (unpaired) electrons. The van der Waals surface area contributed by atoms with Crippen LogP contribution < -0.4 is 10.0 Å². The molecule has 0 amide bonds. The Bertz CT molecular complexity index is 468. The third-order valence-electron chi connectivity index (χ3n) is 1.76. The Morgan fingerprint density at radius 3 is 2.67 bits per heavy atom. The maximum Gasteiger partial charge on any atom is 0.254 e. The van der Waals surface area contributed by atoms with Crippen LogP contribution in [0.15, 0.2) is 30.2 Å². The lowest BCUT2D eigenvalue weighted by Crippen LogP contribution is -2.08. The largest absolute Gasteiger partial charge is 0.506 e. The molecule has 5 nitrogen and oxygen atoms in total. The Kier molecular flexibility index (Phi) is 3.21. The summed E-state index contributed by atoms with van der Waals surface area (Å²) in [6, 6.07) is 4.50. The third kappa shape index (κ3) is 2.88. The minimum atomic E-state index is -3.59. The summed E-state index contributed by atoms with van der Waals surface area (Å²) in [5.41, 5.74) is 0.802. The van der Waals surface area contributed by atoms with Gasteiger partial charge >= 0.3 is 0 Å². The Morgan fingerprint density at radius 1 is 1.47 bits per heavy atom. The summed E-state index contributed by atoms with van der Waals surface area (Å²) >= 11 is 0. The standard InChI is InChI=1S/C9H12N2O3S/c1-3-15(13,14)11-8-6-7(10-2)4-5-9(8)12/h3-6,10-12H,1H2,2H3. The van der Waals surface area contributed by atoms with Gasteiger partial charge in [0.15, 0.2) is 0 Å². The maximum atomic E-state index is 11.2. The van der Waals surface area contributed by atoms with E-state index in [0.29, 0.717) is 5.69 Å². The lowest BCUT2D eigenvalue weighted by molar-refractivity contribution is 0.478. The molecule has 0 atom stereocenters. The van der Waals surface area contributed by atoms with Gasteiger partial charge in [0, 0.05) is 18.1 Å². The van der Waals surface area contributed by atoms with Crippen LogP contribution in [0.25, 0.3) is 0 Å². The van der Waals surface area contributed by atoms with Gasteiger partial charge in [-0.1, -0.05) is 6.58 Å². The van der Waals surface area contributed by atoms with E-state index in [1.807, 2.05) is 0 Å². The highest BCUT2D eigenvalue weighted by molar-refractivity contribution is 7.95. The van der Waals surface area contributed by atoms with Crippen LogP contribution in [0.1, 0.15) is 0 Å². The van der Waals surface area contributed by atoms with Crippen molar-refractivity contribution in [2.24, 2.45) is 0 Å². The van der Waals surface area contributed by atoms with Gasteiger partial charge in [-0.15, -0.1) is 0 Å². The molecule has 3 N–H and O–H groups in total. The number of anilines is 2. The average molecular weight is 228 g/mol. The summed E-state index contributed by atoms with van der Waals surface area (Å²) in [6.45, 7) is 3.15. The number of phenols is 1. The van der Waals surface area contributed by atoms with Gasteiger partial charge in [0.2, 0.25) is 0 Å². The fourth-order valence-electron chi connectivity index (χ4n) is 0.968. The molecule has 0 bridgehead atoms. The number of phenolic OH excluding ortho intramolecular Hbond substituents is 1. The van der Waals surface area contributed by atoms with Gasteiger partial charge in [-0.2, -0.15) is 0 Å². The molecule has 0 saturated heterocycles. The molecule has 0 aliphatic heterocycles. The Hall–Kier alpha value is -1.69. The summed E-state index contributed by atoms with van der Waals surface area (Å²) < 4.78 is 24.5. The molecule has 15 heavy (non-hydrogen) atoms. The van der Waals surface area contributed by atoms with Crippen molar-refractivity contribution in [2.75, 3.05) is 17.1 Å². The van der Waals surface area contributed by atoms with Crippen LogP contribution >= 0.6 is 0 Å². The molecule has 0 aliphatic carbocycles. The minimum absolute atomic E-state index is 0.113. The van der Waals surface area contributed by atoms with E-state index in [2.05, 4.69) is 16.6 Å². The highest BCUT2D eigenvalue weighted by atomic mass is 32.2. The quantitative estimate of drug-likeness (QED) is 0.536. The second-order valence-electron chi connectivity index (χ2n) is 2.80. The van der Waals surface area contributed by atoms with E-state index < -0.39 is 10.0 Å². The molecule has 1 rings (SSSR count). The van der Waals surface area contributed by atoms with Gasteiger partial charge in [0.25, 0.3) is 10.0 Å². The summed E-state index contributed by atoms with van der Waals surface area (Å²) in [6.07, 6.45) is 0. The zero-order valence-corrected chi connectivity index (χ0v) is 9.00. The summed E-state index contributed by atoms with van der Waals surface area (Å²) in [5, 5.41) is 13.0. The van der Waals surface area contributed by atoms with Crippen molar-refractivity contribution in [2.45, 2.75) is 0 Å². The molecule has 0 saturated carbocycles. The van der Waals surface area contributed by atoms with Crippen LogP contribution in [0, 0.1) is 0 Å². The first-order valence-electron chi connectivity index (χ1n) is 4.14. The Morgan fingerprint density at radius 2 is 2.13 bits per heavy atom. The first kappa shape index (κ1) is 11.4. The van der Waals surface area contributed by atoms with Crippen LogP contribution in [0.4, 0.5) is 11.4 Å². The van der Waals surface area contributed by atoms with Gasteiger partial charge in [-0.3, -0.25) is 4.72 Å². The zero-order valence-electron chi connectivity index (χ0n) is 8.19. The molecule has 0 aromatic heterocycles. The molecular weight excluding hydrogens is 216 g/mol. The van der Waals surface area contributed by atoms with Gasteiger partial charge in [0.1, 0.15) is 5.75 Å². The molecule has 6 heteroatoms. The molecule has 82 valence electrons. The van der Waals surface area contributed by atoms with Gasteiger partial charge in [0.05, 0.1) is 5.69 Å². The van der Waals surface area contributed by atoms with Crippen LogP contribution in [0.5, 0.6) is 5.75 Å². The van der Waals surface area contributed by atoms with E-state index >= 15 is 0 Å². The fraction of sp³-hybridized carbons (Fsp3) is 0.111. The van der Waals surface area contributed by atoms with E-state index in [4.69, 9.17) is 0 Å². The van der Waals surface area contributed by atoms with Crippen LogP contribution in [-0.4, -0.2) is 20.6 Å². The molecule has 0 unspecified atom stereocenters. The van der Waals surface area contributed by atoms with E-state index in [0.717, 1.165) is 5.41 Å². The number of aromatic hydroxyl groups is 1. The fourth-order valence-corrected chi connectivity index (χ4v) is 1.52. The van der Waals surface area contributed by atoms with E-state index in [1.165, 1.54) is 12.1 Å². The van der Waals surface area contributed by atoms with Crippen molar-refractivity contribution in [3.8, 4) is 5.75 Å². The lowest BCUT2D eigenvalue weighted by atomic mass is 10.2. The molecular formula is C9H12N2O3S. The molecule has 1 aromatic carbocycles. The number of sulfonamides is 1. The highest BCUT2D eigenvalue weighted by Gasteiger charge is 2.08. The molecule has 0 spiro atoms. The zero-order chi connectivity index (χ0) is 11.5. The summed E-state index contributed by atoms with van der Waals surface area (Å²) in [4.78, 5) is 0. The monoisotopic (exact) mass is 228 g/mol. The number of hydrogen-bond donors (Lipinski definition) is 3. The van der Waals surface area contributed by atoms with Crippen LogP contribution in [0.3, 0.4) is 0 Å². The number of rotatable bonds is 4. The van der Waals surface area contributed by atoms with Gasteiger partial charge in [-0.25, -0.2) is 8.42 Å². The Labute approximate surface area is 88.5 Å². The highest BCUT2D eigenvalue weighted by Crippen LogP contribution is 2.27. The van der Waals surface area contributed by atoms with E-state index in [-0.39, 0.29) is 11.4 Å². The van der Waals surface area contributed by atoms with Crippen LogP contribution in [0.2, 0.25) is 0 Å². The van der Waals surface area contributed by atoms with E-state index in [1.54, 1.807) is 13.1 Å². The van der Waals surface area contributed by atoms with Crippen molar-refractivity contribution in [1.29, 1.82) is 0 Å². The second kappa shape index (κ2) is 4.22. The SMILES string of the molecule is C=CS(=O)(=O)Nc1cc(NC)ccc1O. The maximum absolute atomic E-state index is 11.2. The Balaban J connectivity index is 3.09. The van der Waals surface area contributed by atoms with Gasteiger partial charge < -0.3 is 10.4 Å². The molecule has 0 fully saturated rings. The van der Waals surface area contributed by atoms with Crippen molar-refractivity contribution >= 4 is 21.4 Å². The predicted molar refractivity (Wildman–Crippen MR) is 60.4 cm³/mol. The first-order valence-corrected chi connectivity index (χ1v) is 5.69. The topological polar surface area (TPSA) is 78.4 Å². The second-order valence-corrected chi connectivity index (χ2v) is 4.42. The van der Waals surface area contributed by atoms with Gasteiger partial charge in [-0.05, 0) is 18.2 Å².